The molecule has 4 rings (SSSR count). The van der Waals surface area contributed by atoms with Gasteiger partial charge in [-0.1, -0.05) is 0 Å². The van der Waals surface area contributed by atoms with Crippen molar-refractivity contribution >= 4 is 17.3 Å². The Hall–Kier alpha value is -2.88. The molecule has 2 aromatic rings. The number of nitrogens with zero attached hydrogens (tertiary/aromatic N) is 6. The van der Waals surface area contributed by atoms with Gasteiger partial charge in [-0.15, -0.1) is 10.2 Å². The highest BCUT2D eigenvalue weighted by atomic mass is 19.1. The van der Waals surface area contributed by atoms with Gasteiger partial charge in [0.25, 0.3) is 0 Å². The fourth-order valence-electron chi connectivity index (χ4n) is 3.76. The van der Waals surface area contributed by atoms with Crippen LogP contribution in [0.15, 0.2) is 30.3 Å². The number of aromatic nitrogens is 2. The van der Waals surface area contributed by atoms with E-state index in [0.717, 1.165) is 56.6 Å². The summed E-state index contributed by atoms with van der Waals surface area (Å²) in [4.78, 5) is 6.65. The summed E-state index contributed by atoms with van der Waals surface area (Å²) in [5.74, 6) is 1.39. The number of rotatable bonds is 3. The van der Waals surface area contributed by atoms with Gasteiger partial charge < -0.3 is 14.7 Å². The van der Waals surface area contributed by atoms with Gasteiger partial charge in [-0.25, -0.2) is 4.39 Å². The standard InChI is InChI=1S/C20H23FN6/c21-18-14-17(5-4-16(18)15-22)25-10-12-27(13-11-25)20-7-6-19(23-24-20)26-8-2-1-3-9-26/h4-7,14H,1-3,8-13H2. The van der Waals surface area contributed by atoms with Crippen molar-refractivity contribution in [1.82, 2.24) is 10.2 Å². The summed E-state index contributed by atoms with van der Waals surface area (Å²) >= 11 is 0. The topological polar surface area (TPSA) is 59.3 Å². The van der Waals surface area contributed by atoms with Crippen molar-refractivity contribution < 1.29 is 4.39 Å². The Kier molecular flexibility index (Phi) is 5.05. The maximum absolute atomic E-state index is 13.9. The van der Waals surface area contributed by atoms with Crippen LogP contribution in [0.25, 0.3) is 0 Å². The van der Waals surface area contributed by atoms with Crippen LogP contribution in [0.3, 0.4) is 0 Å². The second-order valence-corrected chi connectivity index (χ2v) is 7.05. The second kappa shape index (κ2) is 7.78. The van der Waals surface area contributed by atoms with Crippen LogP contribution in [0.5, 0.6) is 0 Å². The van der Waals surface area contributed by atoms with E-state index < -0.39 is 5.82 Å². The van der Waals surface area contributed by atoms with Crippen LogP contribution in [-0.2, 0) is 0 Å². The third kappa shape index (κ3) is 3.80. The van der Waals surface area contributed by atoms with Crippen LogP contribution in [0, 0.1) is 17.1 Å². The lowest BCUT2D eigenvalue weighted by Crippen LogP contribution is -2.47. The highest BCUT2D eigenvalue weighted by Crippen LogP contribution is 2.23. The van der Waals surface area contributed by atoms with Gasteiger partial charge in [-0.05, 0) is 49.6 Å². The maximum atomic E-state index is 13.9. The first kappa shape index (κ1) is 17.5. The summed E-state index contributed by atoms with van der Waals surface area (Å²) in [7, 11) is 0. The third-order valence-electron chi connectivity index (χ3n) is 5.36. The molecule has 3 heterocycles. The molecule has 0 atom stereocenters. The fourth-order valence-corrected chi connectivity index (χ4v) is 3.76. The quantitative estimate of drug-likeness (QED) is 0.833. The minimum absolute atomic E-state index is 0.0847. The van der Waals surface area contributed by atoms with Crippen molar-refractivity contribution in [3.63, 3.8) is 0 Å². The van der Waals surface area contributed by atoms with Crippen LogP contribution >= 0.6 is 0 Å². The molecule has 7 heteroatoms. The lowest BCUT2D eigenvalue weighted by Gasteiger charge is -2.36. The molecular formula is C20H23FN6. The molecule has 0 N–H and O–H groups in total. The molecule has 140 valence electrons. The van der Waals surface area contributed by atoms with Gasteiger partial charge >= 0.3 is 0 Å². The number of halogens is 1. The molecule has 1 aromatic heterocycles. The number of nitriles is 1. The highest BCUT2D eigenvalue weighted by molar-refractivity contribution is 5.53. The Balaban J connectivity index is 1.37. The summed E-state index contributed by atoms with van der Waals surface area (Å²) in [6.07, 6.45) is 3.75. The van der Waals surface area contributed by atoms with E-state index in [1.807, 2.05) is 18.2 Å². The maximum Gasteiger partial charge on any atom is 0.151 e. The molecule has 0 radical (unpaired) electrons. The average molecular weight is 366 g/mol. The highest BCUT2D eigenvalue weighted by Gasteiger charge is 2.20. The number of piperazine rings is 1. The van der Waals surface area contributed by atoms with E-state index >= 15 is 0 Å². The van der Waals surface area contributed by atoms with Gasteiger partial charge in [0.2, 0.25) is 0 Å². The fraction of sp³-hybridized carbons (Fsp3) is 0.450. The number of piperidine rings is 1. The van der Waals surface area contributed by atoms with E-state index in [2.05, 4.69) is 31.0 Å². The number of hydrogen-bond acceptors (Lipinski definition) is 6. The Morgan fingerprint density at radius 1 is 0.778 bits per heavy atom. The van der Waals surface area contributed by atoms with E-state index in [0.29, 0.717) is 0 Å². The Morgan fingerprint density at radius 2 is 1.37 bits per heavy atom. The number of benzene rings is 1. The molecule has 0 spiro atoms. The van der Waals surface area contributed by atoms with Crippen molar-refractivity contribution in [3.05, 3.63) is 41.7 Å². The number of anilines is 3. The number of hydrogen-bond donors (Lipinski definition) is 0. The van der Waals surface area contributed by atoms with Crippen molar-refractivity contribution in [2.45, 2.75) is 19.3 Å². The molecule has 1 aromatic carbocycles. The van der Waals surface area contributed by atoms with Crippen LogP contribution in [0.4, 0.5) is 21.7 Å². The zero-order chi connectivity index (χ0) is 18.6. The predicted octanol–water partition coefficient (Wildman–Crippen LogP) is 2.80. The largest absolute Gasteiger partial charge is 0.368 e. The molecule has 6 nitrogen and oxygen atoms in total. The minimum Gasteiger partial charge on any atom is -0.368 e. The van der Waals surface area contributed by atoms with E-state index in [1.54, 1.807) is 6.07 Å². The van der Waals surface area contributed by atoms with Gasteiger partial charge in [0.15, 0.2) is 11.6 Å². The lowest BCUT2D eigenvalue weighted by atomic mass is 10.1. The van der Waals surface area contributed by atoms with Gasteiger partial charge in [0.1, 0.15) is 11.9 Å². The summed E-state index contributed by atoms with van der Waals surface area (Å²) in [5, 5.41) is 17.7. The van der Waals surface area contributed by atoms with E-state index in [1.165, 1.54) is 25.3 Å². The third-order valence-corrected chi connectivity index (χ3v) is 5.36. The normalized spacial score (nSPS) is 17.7. The molecule has 27 heavy (non-hydrogen) atoms. The van der Waals surface area contributed by atoms with Crippen LogP contribution in [0.1, 0.15) is 24.8 Å². The molecule has 0 aliphatic carbocycles. The molecule has 0 amide bonds. The van der Waals surface area contributed by atoms with Gasteiger partial charge in [0, 0.05) is 45.0 Å². The summed E-state index contributed by atoms with van der Waals surface area (Å²) < 4.78 is 13.9. The molecular weight excluding hydrogens is 343 g/mol. The predicted molar refractivity (Wildman–Crippen MR) is 104 cm³/mol. The van der Waals surface area contributed by atoms with Crippen molar-refractivity contribution in [2.75, 3.05) is 54.0 Å². The summed E-state index contributed by atoms with van der Waals surface area (Å²) in [6, 6.07) is 10.8. The first-order valence-electron chi connectivity index (χ1n) is 9.53. The summed E-state index contributed by atoms with van der Waals surface area (Å²) in [5.41, 5.74) is 0.902. The van der Waals surface area contributed by atoms with E-state index in [4.69, 9.17) is 5.26 Å². The van der Waals surface area contributed by atoms with Crippen molar-refractivity contribution in [2.24, 2.45) is 0 Å². The SMILES string of the molecule is N#Cc1ccc(N2CCN(c3ccc(N4CCCCC4)nn3)CC2)cc1F. The minimum atomic E-state index is -0.461. The summed E-state index contributed by atoms with van der Waals surface area (Å²) in [6.45, 7) is 5.29. The van der Waals surface area contributed by atoms with Crippen molar-refractivity contribution in [3.8, 4) is 6.07 Å². The Labute approximate surface area is 158 Å². The van der Waals surface area contributed by atoms with Crippen LogP contribution in [-0.4, -0.2) is 49.5 Å². The molecule has 2 aliphatic heterocycles. The molecule has 2 saturated heterocycles. The first-order valence-corrected chi connectivity index (χ1v) is 9.53. The van der Waals surface area contributed by atoms with Gasteiger partial charge in [-0.3, -0.25) is 0 Å². The van der Waals surface area contributed by atoms with Gasteiger partial charge in [0.05, 0.1) is 5.56 Å². The zero-order valence-corrected chi connectivity index (χ0v) is 15.3. The molecule has 0 unspecified atom stereocenters. The van der Waals surface area contributed by atoms with E-state index in [9.17, 15) is 4.39 Å². The molecule has 0 bridgehead atoms. The molecule has 2 aliphatic rings. The Morgan fingerprint density at radius 3 is 1.93 bits per heavy atom. The lowest BCUT2D eigenvalue weighted by molar-refractivity contribution is 0.570. The van der Waals surface area contributed by atoms with Gasteiger partial charge in [-0.2, -0.15) is 5.26 Å². The molecule has 2 fully saturated rings. The monoisotopic (exact) mass is 366 g/mol. The average Bonchev–Trinajstić information content (AvgIpc) is 2.74. The van der Waals surface area contributed by atoms with Crippen LogP contribution < -0.4 is 14.7 Å². The molecule has 0 saturated carbocycles. The first-order chi connectivity index (χ1) is 13.2. The van der Waals surface area contributed by atoms with E-state index in [-0.39, 0.29) is 5.56 Å². The van der Waals surface area contributed by atoms with Crippen LogP contribution in [0.2, 0.25) is 0 Å². The van der Waals surface area contributed by atoms with Crippen molar-refractivity contribution in [1.29, 1.82) is 5.26 Å². The Bertz CT molecular complexity index is 817. The smallest absolute Gasteiger partial charge is 0.151 e. The zero-order valence-electron chi connectivity index (χ0n) is 15.3. The second-order valence-electron chi connectivity index (χ2n) is 7.05.